The molecule has 0 aromatic carbocycles. The molecular weight excluding hydrogens is 296 g/mol. The maximum atomic E-state index is 12.1. The molecule has 23 heavy (non-hydrogen) atoms. The van der Waals surface area contributed by atoms with Crippen molar-refractivity contribution in [2.24, 2.45) is 5.92 Å². The number of aromatic nitrogens is 2. The zero-order valence-corrected chi connectivity index (χ0v) is 13.9. The summed E-state index contributed by atoms with van der Waals surface area (Å²) in [5.74, 6) is 0.882. The van der Waals surface area contributed by atoms with Gasteiger partial charge in [-0.25, -0.2) is 9.97 Å². The van der Waals surface area contributed by atoms with Crippen molar-refractivity contribution < 1.29 is 14.6 Å². The second kappa shape index (κ2) is 8.79. The Balaban J connectivity index is 1.76. The predicted octanol–water partition coefficient (Wildman–Crippen LogP) is 0.435. The molecule has 1 saturated heterocycles. The fourth-order valence-electron chi connectivity index (χ4n) is 2.75. The van der Waals surface area contributed by atoms with Crippen LogP contribution in [0.1, 0.15) is 24.2 Å². The molecule has 0 unspecified atom stereocenters. The van der Waals surface area contributed by atoms with E-state index in [-0.39, 0.29) is 18.4 Å². The van der Waals surface area contributed by atoms with Crippen LogP contribution in [-0.4, -0.2) is 60.4 Å². The van der Waals surface area contributed by atoms with Gasteiger partial charge in [-0.05, 0) is 32.8 Å². The van der Waals surface area contributed by atoms with E-state index >= 15 is 0 Å². The molecule has 0 aliphatic carbocycles. The SMILES string of the molecule is Cc1cc(C)nc(N2CCC(C(=O)NCCOCCO)CC2)n1. The number of hydrogen-bond acceptors (Lipinski definition) is 6. The average Bonchev–Trinajstić information content (AvgIpc) is 2.54. The normalized spacial score (nSPS) is 15.7. The van der Waals surface area contributed by atoms with Crippen molar-refractivity contribution in [3.63, 3.8) is 0 Å². The van der Waals surface area contributed by atoms with Gasteiger partial charge in [-0.2, -0.15) is 0 Å². The summed E-state index contributed by atoms with van der Waals surface area (Å²) < 4.78 is 5.13. The Labute approximate surface area is 137 Å². The van der Waals surface area contributed by atoms with Crippen LogP contribution >= 0.6 is 0 Å². The Hall–Kier alpha value is -1.73. The molecule has 7 heteroatoms. The van der Waals surface area contributed by atoms with Gasteiger partial charge in [0, 0.05) is 36.9 Å². The van der Waals surface area contributed by atoms with Crippen LogP contribution in [0.15, 0.2) is 6.07 Å². The number of anilines is 1. The van der Waals surface area contributed by atoms with Gasteiger partial charge in [-0.3, -0.25) is 4.79 Å². The van der Waals surface area contributed by atoms with Gasteiger partial charge >= 0.3 is 0 Å². The van der Waals surface area contributed by atoms with Gasteiger partial charge < -0.3 is 20.1 Å². The highest BCUT2D eigenvalue weighted by atomic mass is 16.5. The summed E-state index contributed by atoms with van der Waals surface area (Å²) in [4.78, 5) is 23.2. The Morgan fingerprint density at radius 3 is 2.57 bits per heavy atom. The molecule has 128 valence electrons. The van der Waals surface area contributed by atoms with Crippen molar-refractivity contribution in [2.75, 3.05) is 44.4 Å². The second-order valence-electron chi connectivity index (χ2n) is 5.84. The third-order valence-electron chi connectivity index (χ3n) is 3.90. The van der Waals surface area contributed by atoms with Crippen molar-refractivity contribution in [1.29, 1.82) is 0 Å². The molecule has 1 aliphatic heterocycles. The van der Waals surface area contributed by atoms with Crippen LogP contribution in [0.25, 0.3) is 0 Å². The topological polar surface area (TPSA) is 87.6 Å². The lowest BCUT2D eigenvalue weighted by Crippen LogP contribution is -2.42. The molecule has 2 heterocycles. The van der Waals surface area contributed by atoms with Crippen molar-refractivity contribution in [3.8, 4) is 0 Å². The summed E-state index contributed by atoms with van der Waals surface area (Å²) in [6.45, 7) is 6.76. The first-order chi connectivity index (χ1) is 11.1. The highest BCUT2D eigenvalue weighted by molar-refractivity contribution is 5.78. The molecule has 2 N–H and O–H groups in total. The molecule has 1 aromatic heterocycles. The summed E-state index contributed by atoms with van der Waals surface area (Å²) in [5, 5.41) is 11.5. The van der Waals surface area contributed by atoms with Gasteiger partial charge in [-0.1, -0.05) is 0 Å². The Morgan fingerprint density at radius 1 is 1.30 bits per heavy atom. The van der Waals surface area contributed by atoms with Crippen LogP contribution in [0.2, 0.25) is 0 Å². The van der Waals surface area contributed by atoms with Gasteiger partial charge in [0.2, 0.25) is 11.9 Å². The number of aliphatic hydroxyl groups is 1. The highest BCUT2D eigenvalue weighted by Crippen LogP contribution is 2.21. The number of amides is 1. The zero-order valence-electron chi connectivity index (χ0n) is 13.9. The quantitative estimate of drug-likeness (QED) is 0.708. The van der Waals surface area contributed by atoms with E-state index in [2.05, 4.69) is 20.2 Å². The van der Waals surface area contributed by atoms with Crippen LogP contribution in [0.3, 0.4) is 0 Å². The van der Waals surface area contributed by atoms with E-state index in [9.17, 15) is 4.79 Å². The van der Waals surface area contributed by atoms with Crippen LogP contribution in [0.4, 0.5) is 5.95 Å². The van der Waals surface area contributed by atoms with Gasteiger partial charge in [-0.15, -0.1) is 0 Å². The number of nitrogens with one attached hydrogen (secondary N) is 1. The molecule has 1 aromatic rings. The third kappa shape index (κ3) is 5.44. The number of hydrogen-bond donors (Lipinski definition) is 2. The van der Waals surface area contributed by atoms with Crippen molar-refractivity contribution >= 4 is 11.9 Å². The fourth-order valence-corrected chi connectivity index (χ4v) is 2.75. The van der Waals surface area contributed by atoms with Gasteiger partial charge in [0.25, 0.3) is 0 Å². The van der Waals surface area contributed by atoms with E-state index in [1.54, 1.807) is 0 Å². The Morgan fingerprint density at radius 2 is 1.96 bits per heavy atom. The van der Waals surface area contributed by atoms with E-state index in [4.69, 9.17) is 9.84 Å². The van der Waals surface area contributed by atoms with Crippen molar-refractivity contribution in [3.05, 3.63) is 17.5 Å². The Bertz CT molecular complexity index is 496. The number of nitrogens with zero attached hydrogens (tertiary/aromatic N) is 3. The summed E-state index contributed by atoms with van der Waals surface area (Å²) in [6, 6.07) is 1.96. The minimum Gasteiger partial charge on any atom is -0.394 e. The molecule has 2 rings (SSSR count). The van der Waals surface area contributed by atoms with Gasteiger partial charge in [0.05, 0.1) is 19.8 Å². The number of piperidine rings is 1. The molecule has 0 atom stereocenters. The molecule has 7 nitrogen and oxygen atoms in total. The summed E-state index contributed by atoms with van der Waals surface area (Å²) >= 11 is 0. The largest absolute Gasteiger partial charge is 0.394 e. The fraction of sp³-hybridized carbons (Fsp3) is 0.688. The van der Waals surface area contributed by atoms with Crippen LogP contribution in [0.5, 0.6) is 0 Å². The Kier molecular flexibility index (Phi) is 6.73. The van der Waals surface area contributed by atoms with Crippen LogP contribution in [-0.2, 0) is 9.53 Å². The van der Waals surface area contributed by atoms with Gasteiger partial charge in [0.1, 0.15) is 0 Å². The average molecular weight is 322 g/mol. The molecule has 0 bridgehead atoms. The van der Waals surface area contributed by atoms with Gasteiger partial charge in [0.15, 0.2) is 0 Å². The summed E-state index contributed by atoms with van der Waals surface area (Å²) in [6.07, 6.45) is 1.61. The van der Waals surface area contributed by atoms with E-state index in [1.807, 2.05) is 19.9 Å². The molecule has 0 spiro atoms. The maximum Gasteiger partial charge on any atom is 0.225 e. The molecular formula is C16H26N4O3. The summed E-state index contributed by atoms with van der Waals surface area (Å²) in [5.41, 5.74) is 1.94. The number of carbonyl (C=O) groups is 1. The number of rotatable bonds is 7. The number of carbonyl (C=O) groups excluding carboxylic acids is 1. The van der Waals surface area contributed by atoms with E-state index in [0.717, 1.165) is 43.3 Å². The smallest absolute Gasteiger partial charge is 0.225 e. The predicted molar refractivity (Wildman–Crippen MR) is 87.4 cm³/mol. The first kappa shape index (κ1) is 17.6. The lowest BCUT2D eigenvalue weighted by molar-refractivity contribution is -0.125. The van der Waals surface area contributed by atoms with E-state index in [0.29, 0.717) is 19.8 Å². The number of aliphatic hydroxyl groups excluding tert-OH is 1. The van der Waals surface area contributed by atoms with Crippen molar-refractivity contribution in [1.82, 2.24) is 15.3 Å². The standard InChI is InChI=1S/C16H26N4O3/c1-12-11-13(2)19-16(18-12)20-6-3-14(4-7-20)15(22)17-5-9-23-10-8-21/h11,14,21H,3-10H2,1-2H3,(H,17,22). The number of aryl methyl sites for hydroxylation is 2. The van der Waals surface area contributed by atoms with E-state index in [1.165, 1.54) is 0 Å². The first-order valence-corrected chi connectivity index (χ1v) is 8.13. The third-order valence-corrected chi connectivity index (χ3v) is 3.90. The van der Waals surface area contributed by atoms with Crippen LogP contribution < -0.4 is 10.2 Å². The maximum absolute atomic E-state index is 12.1. The molecule has 1 amide bonds. The molecule has 0 saturated carbocycles. The highest BCUT2D eigenvalue weighted by Gasteiger charge is 2.26. The monoisotopic (exact) mass is 322 g/mol. The zero-order chi connectivity index (χ0) is 16.7. The number of ether oxygens (including phenoxy) is 1. The minimum atomic E-state index is 0.00686. The molecule has 0 radical (unpaired) electrons. The van der Waals surface area contributed by atoms with Crippen LogP contribution in [0, 0.1) is 19.8 Å². The lowest BCUT2D eigenvalue weighted by Gasteiger charge is -2.31. The first-order valence-electron chi connectivity index (χ1n) is 8.13. The second-order valence-corrected chi connectivity index (χ2v) is 5.84. The summed E-state index contributed by atoms with van der Waals surface area (Å²) in [7, 11) is 0. The van der Waals surface area contributed by atoms with Crippen molar-refractivity contribution in [2.45, 2.75) is 26.7 Å². The molecule has 1 fully saturated rings. The lowest BCUT2D eigenvalue weighted by atomic mass is 9.96. The van der Waals surface area contributed by atoms with E-state index < -0.39 is 0 Å². The minimum absolute atomic E-state index is 0.00686. The molecule has 1 aliphatic rings.